The molecule has 0 rings (SSSR count). The van der Waals surface area contributed by atoms with Crippen LogP contribution in [0.5, 0.6) is 0 Å². The Balaban J connectivity index is -0.0000000713. The van der Waals surface area contributed by atoms with E-state index in [-0.39, 0.29) is 72.2 Å². The molecule has 0 aliphatic carbocycles. The summed E-state index contributed by atoms with van der Waals surface area (Å²) in [5, 5.41) is 64.1. The van der Waals surface area contributed by atoms with E-state index < -0.39 is 73.9 Å². The molecule has 0 aliphatic rings. The Labute approximate surface area is 285 Å². The van der Waals surface area contributed by atoms with Crippen LogP contribution in [0, 0.1) is 0 Å². The Bertz CT molecular complexity index is 638. The van der Waals surface area contributed by atoms with Gasteiger partial charge in [-0.2, -0.15) is 0 Å². The van der Waals surface area contributed by atoms with Crippen LogP contribution in [0.2, 0.25) is 0 Å². The number of rotatable bonds is 12. The van der Waals surface area contributed by atoms with Crippen molar-refractivity contribution in [2.75, 3.05) is 52.4 Å². The number of aliphatic carboxylic acids is 8. The van der Waals surface area contributed by atoms with Gasteiger partial charge in [-0.15, -0.1) is 0 Å². The first-order valence-corrected chi connectivity index (χ1v) is 10.5. The number of hydrogen-bond donors (Lipinski definition) is 10. The Hall–Kier alpha value is -2.40. The number of nitrogens with two attached hydrogens (primary N) is 2. The SMILES string of the molecule is CC(=O)O.CC(=O)O.CC(=O)O.CC(=O)O.NCCN.O=C(O)CN(CCN(CC(=O)O)CC(=O)O)CC(=O)O.[Na].[Na]. The van der Waals surface area contributed by atoms with Gasteiger partial charge < -0.3 is 52.3 Å². The van der Waals surface area contributed by atoms with Crippen molar-refractivity contribution in [3.05, 3.63) is 0 Å². The van der Waals surface area contributed by atoms with Crippen LogP contribution in [0.1, 0.15) is 27.7 Å². The fraction of sp³-hybridized carbons (Fsp3) is 0.600. The van der Waals surface area contributed by atoms with E-state index >= 15 is 0 Å². The second-order valence-corrected chi connectivity index (χ2v) is 6.65. The maximum absolute atomic E-state index is 10.6. The fourth-order valence-electron chi connectivity index (χ4n) is 1.48. The molecule has 0 amide bonds. The number of carbonyl (C=O) groups is 8. The van der Waals surface area contributed by atoms with Crippen LogP contribution in [0.15, 0.2) is 0 Å². The summed E-state index contributed by atoms with van der Waals surface area (Å²) in [4.78, 5) is 80.4. The second-order valence-electron chi connectivity index (χ2n) is 6.65. The second kappa shape index (κ2) is 43.1. The monoisotopic (exact) mass is 638 g/mol. The first kappa shape index (κ1) is 59.1. The van der Waals surface area contributed by atoms with Gasteiger partial charge in [0.25, 0.3) is 23.9 Å². The van der Waals surface area contributed by atoms with E-state index in [0.717, 1.165) is 37.5 Å². The molecule has 0 heterocycles. The fourth-order valence-corrected chi connectivity index (χ4v) is 1.48. The summed E-state index contributed by atoms with van der Waals surface area (Å²) < 4.78 is 0. The molecule has 20 nitrogen and oxygen atoms in total. The van der Waals surface area contributed by atoms with Gasteiger partial charge in [0.05, 0.1) is 26.2 Å². The summed E-state index contributed by atoms with van der Waals surface area (Å²) in [6, 6.07) is 0. The van der Waals surface area contributed by atoms with Crippen LogP contribution in [-0.4, -0.2) is 210 Å². The van der Waals surface area contributed by atoms with E-state index in [9.17, 15) is 19.2 Å². The molecule has 0 aromatic carbocycles. The molecule has 0 saturated heterocycles. The zero-order valence-electron chi connectivity index (χ0n) is 24.5. The molecule has 0 unspecified atom stereocenters. The minimum Gasteiger partial charge on any atom is -0.481 e. The molecular weight excluding hydrogens is 598 g/mol. The predicted molar refractivity (Wildman–Crippen MR) is 146 cm³/mol. The molecule has 42 heavy (non-hydrogen) atoms. The molecule has 0 aromatic heterocycles. The Morgan fingerprint density at radius 2 is 0.548 bits per heavy atom. The summed E-state index contributed by atoms with van der Waals surface area (Å²) in [5.74, 6) is -8.24. The van der Waals surface area contributed by atoms with Crippen molar-refractivity contribution < 1.29 is 79.2 Å². The maximum atomic E-state index is 10.6. The van der Waals surface area contributed by atoms with Crippen LogP contribution in [-0.2, 0) is 38.4 Å². The van der Waals surface area contributed by atoms with E-state index in [0.29, 0.717) is 13.1 Å². The van der Waals surface area contributed by atoms with E-state index in [1.165, 1.54) is 0 Å². The van der Waals surface area contributed by atoms with Crippen molar-refractivity contribution in [1.82, 2.24) is 9.80 Å². The zero-order valence-corrected chi connectivity index (χ0v) is 28.5. The van der Waals surface area contributed by atoms with Crippen molar-refractivity contribution in [2.24, 2.45) is 11.5 Å². The first-order valence-electron chi connectivity index (χ1n) is 10.5. The average Bonchev–Trinajstić information content (AvgIpc) is 2.68. The van der Waals surface area contributed by atoms with Crippen molar-refractivity contribution >= 4 is 107 Å². The topological polar surface area (TPSA) is 357 Å². The van der Waals surface area contributed by atoms with Crippen LogP contribution in [0.3, 0.4) is 0 Å². The van der Waals surface area contributed by atoms with Crippen LogP contribution in [0.25, 0.3) is 0 Å². The molecule has 238 valence electrons. The number of carboxylic acids is 8. The summed E-state index contributed by atoms with van der Waals surface area (Å²) in [5.41, 5.74) is 9.81. The molecular formula is C20H40N4Na2O16. The summed E-state index contributed by atoms with van der Waals surface area (Å²) in [6.45, 7) is 3.28. The van der Waals surface area contributed by atoms with Gasteiger partial charge in [0.15, 0.2) is 0 Å². The van der Waals surface area contributed by atoms with E-state index in [1.54, 1.807) is 0 Å². The van der Waals surface area contributed by atoms with E-state index in [4.69, 9.17) is 71.5 Å². The van der Waals surface area contributed by atoms with Crippen molar-refractivity contribution in [1.29, 1.82) is 0 Å². The molecule has 22 heteroatoms. The average molecular weight is 639 g/mol. The van der Waals surface area contributed by atoms with Crippen molar-refractivity contribution in [2.45, 2.75) is 27.7 Å². The molecule has 0 bridgehead atoms. The Morgan fingerprint density at radius 3 is 0.619 bits per heavy atom. The van der Waals surface area contributed by atoms with Crippen molar-refractivity contribution in [3.8, 4) is 0 Å². The zero-order chi connectivity index (χ0) is 33.4. The molecule has 0 spiro atoms. The van der Waals surface area contributed by atoms with Gasteiger partial charge in [0.2, 0.25) is 0 Å². The number of hydrogen-bond acceptors (Lipinski definition) is 12. The minimum atomic E-state index is -1.23. The minimum absolute atomic E-state index is 0. The predicted octanol–water partition coefficient (Wildman–Crippen LogP) is -3.57. The van der Waals surface area contributed by atoms with Gasteiger partial charge in [0.1, 0.15) is 0 Å². The normalized spacial score (nSPS) is 8.19. The third-order valence-corrected chi connectivity index (χ3v) is 2.33. The first-order chi connectivity index (χ1) is 18.0. The van der Waals surface area contributed by atoms with Crippen LogP contribution in [0.4, 0.5) is 0 Å². The van der Waals surface area contributed by atoms with Crippen molar-refractivity contribution in [3.63, 3.8) is 0 Å². The molecule has 0 fully saturated rings. The largest absolute Gasteiger partial charge is 0.481 e. The Morgan fingerprint density at radius 1 is 0.429 bits per heavy atom. The summed E-state index contributed by atoms with van der Waals surface area (Å²) >= 11 is 0. The van der Waals surface area contributed by atoms with Gasteiger partial charge in [-0.3, -0.25) is 48.2 Å². The third kappa shape index (κ3) is 131. The molecule has 0 aliphatic heterocycles. The van der Waals surface area contributed by atoms with Gasteiger partial charge in [-0.25, -0.2) is 0 Å². The summed E-state index contributed by atoms with van der Waals surface area (Å²) in [6.07, 6.45) is 0. The van der Waals surface area contributed by atoms with Gasteiger partial charge in [-0.1, -0.05) is 0 Å². The standard InChI is InChI=1S/C10H16N2O8.C2H8N2.4C2H4O2.2Na/c13-7(14)3-11(4-8(15)16)1-2-12(5-9(17)18)6-10(19)20;3-1-2-4;4*1-2(3)4;;/h1-6H2,(H,13,14)(H,15,16)(H,17,18)(H,19,20);1-4H2;4*1H3,(H,3,4);;. The Kier molecular flexibility index (Phi) is 60.6. The molecule has 0 atom stereocenters. The summed E-state index contributed by atoms with van der Waals surface area (Å²) in [7, 11) is 0. The molecule has 0 saturated carbocycles. The molecule has 2 radical (unpaired) electrons. The number of carboxylic acid groups (broad SMARTS) is 8. The molecule has 12 N–H and O–H groups in total. The quantitative estimate of drug-likeness (QED) is 0.0924. The van der Waals surface area contributed by atoms with Gasteiger partial charge in [0, 0.05) is 113 Å². The van der Waals surface area contributed by atoms with Gasteiger partial charge in [-0.05, 0) is 0 Å². The maximum Gasteiger partial charge on any atom is 0.317 e. The van der Waals surface area contributed by atoms with Gasteiger partial charge >= 0.3 is 23.9 Å². The smallest absolute Gasteiger partial charge is 0.317 e. The van der Waals surface area contributed by atoms with Crippen LogP contribution < -0.4 is 11.5 Å². The van der Waals surface area contributed by atoms with E-state index in [1.807, 2.05) is 0 Å². The van der Waals surface area contributed by atoms with E-state index in [2.05, 4.69) is 0 Å². The third-order valence-electron chi connectivity index (χ3n) is 2.33. The van der Waals surface area contributed by atoms with Crippen LogP contribution >= 0.6 is 0 Å². The molecule has 0 aromatic rings. The number of nitrogens with zero attached hydrogens (tertiary/aromatic N) is 2.